The van der Waals surface area contributed by atoms with Crippen LogP contribution in [0.25, 0.3) is 0 Å². The maximum absolute atomic E-state index is 11.4. The van der Waals surface area contributed by atoms with Gasteiger partial charge in [0.2, 0.25) is 0 Å². The first-order chi connectivity index (χ1) is 12.1. The van der Waals surface area contributed by atoms with Crippen molar-refractivity contribution in [2.24, 2.45) is 16.2 Å². The molecule has 4 aliphatic rings. The third kappa shape index (κ3) is 3.38. The van der Waals surface area contributed by atoms with Gasteiger partial charge in [-0.3, -0.25) is 9.59 Å². The van der Waals surface area contributed by atoms with Crippen molar-refractivity contribution < 1.29 is 29.0 Å². The van der Waals surface area contributed by atoms with E-state index in [1.165, 1.54) is 13.8 Å². The van der Waals surface area contributed by atoms with E-state index < -0.39 is 10.7 Å². The maximum atomic E-state index is 11.4. The van der Waals surface area contributed by atoms with Crippen LogP contribution in [-0.2, 0) is 23.9 Å². The summed E-state index contributed by atoms with van der Waals surface area (Å²) in [6.45, 7) is 5.29. The van der Waals surface area contributed by atoms with Crippen molar-refractivity contribution >= 4 is 11.9 Å². The maximum Gasteiger partial charge on any atom is 0.302 e. The molecular weight excluding hydrogens is 342 g/mol. The van der Waals surface area contributed by atoms with E-state index >= 15 is 0 Å². The Morgan fingerprint density at radius 1 is 0.885 bits per heavy atom. The van der Waals surface area contributed by atoms with Gasteiger partial charge in [0, 0.05) is 24.7 Å². The fourth-order valence-electron chi connectivity index (χ4n) is 6.63. The summed E-state index contributed by atoms with van der Waals surface area (Å²) in [6.07, 6.45) is 4.92. The molecule has 0 aromatic carbocycles. The van der Waals surface area contributed by atoms with Crippen LogP contribution in [0.3, 0.4) is 0 Å². The van der Waals surface area contributed by atoms with Crippen molar-refractivity contribution in [1.82, 2.24) is 0 Å². The molecule has 4 saturated carbocycles. The van der Waals surface area contributed by atoms with Crippen LogP contribution in [0.15, 0.2) is 0 Å². The molecule has 0 spiro atoms. The first-order valence-corrected chi connectivity index (χ1v) is 9.16. The van der Waals surface area contributed by atoms with Crippen molar-refractivity contribution in [3.63, 3.8) is 0 Å². The molecule has 4 aliphatic carbocycles. The van der Waals surface area contributed by atoms with Crippen LogP contribution in [0.4, 0.5) is 0 Å². The molecule has 8 nitrogen and oxygen atoms in total. The van der Waals surface area contributed by atoms with E-state index in [1.807, 2.05) is 0 Å². The lowest BCUT2D eigenvalue weighted by Crippen LogP contribution is -2.67. The zero-order valence-electron chi connectivity index (χ0n) is 15.7. The van der Waals surface area contributed by atoms with Crippen molar-refractivity contribution in [3.05, 3.63) is 10.1 Å². The molecule has 0 amide bonds. The number of ether oxygens (including phenoxy) is 2. The Kier molecular flexibility index (Phi) is 4.43. The molecular formula is C18H27NO7. The SMILES string of the molecule is CCC12CC3(COC(C)=O)CC(COC(C)=O)(C1)CC(O[N+](=O)[O-])(C2)C3. The largest absolute Gasteiger partial charge is 0.465 e. The second kappa shape index (κ2) is 6.09. The minimum Gasteiger partial charge on any atom is -0.465 e. The number of hydrogen-bond acceptors (Lipinski definition) is 7. The first kappa shape index (κ1) is 18.9. The summed E-state index contributed by atoms with van der Waals surface area (Å²) >= 11 is 0. The second-order valence-corrected chi connectivity index (χ2v) is 8.97. The smallest absolute Gasteiger partial charge is 0.302 e. The van der Waals surface area contributed by atoms with Gasteiger partial charge in [-0.05, 0) is 43.9 Å². The first-order valence-electron chi connectivity index (χ1n) is 9.16. The third-order valence-corrected chi connectivity index (χ3v) is 6.52. The number of carbonyl (C=O) groups excluding carboxylic acids is 2. The van der Waals surface area contributed by atoms with E-state index in [4.69, 9.17) is 14.3 Å². The zero-order valence-corrected chi connectivity index (χ0v) is 15.7. The molecule has 0 aliphatic heterocycles. The molecule has 0 N–H and O–H groups in total. The molecule has 8 heteroatoms. The average Bonchev–Trinajstić information content (AvgIpc) is 2.49. The highest BCUT2D eigenvalue weighted by Crippen LogP contribution is 2.72. The number of rotatable bonds is 7. The summed E-state index contributed by atoms with van der Waals surface area (Å²) in [7, 11) is 0. The van der Waals surface area contributed by atoms with Crippen molar-refractivity contribution in [1.29, 1.82) is 0 Å². The molecule has 0 aromatic rings. The predicted octanol–water partition coefficient (Wildman–Crippen LogP) is 2.81. The van der Waals surface area contributed by atoms with Crippen LogP contribution in [-0.4, -0.2) is 35.8 Å². The molecule has 4 bridgehead atoms. The van der Waals surface area contributed by atoms with Gasteiger partial charge in [-0.1, -0.05) is 13.3 Å². The van der Waals surface area contributed by atoms with Gasteiger partial charge in [-0.2, -0.15) is 0 Å². The van der Waals surface area contributed by atoms with Gasteiger partial charge in [0.25, 0.3) is 5.09 Å². The van der Waals surface area contributed by atoms with Crippen LogP contribution < -0.4 is 0 Å². The van der Waals surface area contributed by atoms with Gasteiger partial charge in [-0.25, -0.2) is 0 Å². The van der Waals surface area contributed by atoms with E-state index in [0.717, 1.165) is 25.7 Å². The van der Waals surface area contributed by atoms with Gasteiger partial charge in [0.1, 0.15) is 5.60 Å². The van der Waals surface area contributed by atoms with Crippen LogP contribution in [0.5, 0.6) is 0 Å². The topological polar surface area (TPSA) is 105 Å². The van der Waals surface area contributed by atoms with E-state index in [-0.39, 0.29) is 41.4 Å². The molecule has 26 heavy (non-hydrogen) atoms. The highest BCUT2D eigenvalue weighted by Gasteiger charge is 2.69. The quantitative estimate of drug-likeness (QED) is 0.386. The predicted molar refractivity (Wildman–Crippen MR) is 89.4 cm³/mol. The van der Waals surface area contributed by atoms with E-state index in [0.29, 0.717) is 19.3 Å². The Balaban J connectivity index is 1.98. The van der Waals surface area contributed by atoms with Crippen LogP contribution in [0.1, 0.15) is 65.7 Å². The summed E-state index contributed by atoms with van der Waals surface area (Å²) in [6, 6.07) is 0. The molecule has 146 valence electrons. The Labute approximate surface area is 152 Å². The molecule has 2 atom stereocenters. The lowest BCUT2D eigenvalue weighted by Gasteiger charge is -2.69. The van der Waals surface area contributed by atoms with Gasteiger partial charge in [-0.15, -0.1) is 10.1 Å². The molecule has 0 heterocycles. The summed E-state index contributed by atoms with van der Waals surface area (Å²) in [5.41, 5.74) is -1.75. The highest BCUT2D eigenvalue weighted by atomic mass is 17.0. The standard InChI is InChI=1S/C18H27NO7/c1-4-15-5-16(11-24-13(2)20)7-17(6-15,12-25-14(3)21)10-18(8-15,9-16)26-19(22)23/h4-12H2,1-3H3. The highest BCUT2D eigenvalue weighted by molar-refractivity contribution is 5.66. The number of carbonyl (C=O) groups is 2. The van der Waals surface area contributed by atoms with Crippen molar-refractivity contribution in [3.8, 4) is 0 Å². The number of esters is 2. The Morgan fingerprint density at radius 3 is 1.69 bits per heavy atom. The lowest BCUT2D eigenvalue weighted by atomic mass is 9.38. The van der Waals surface area contributed by atoms with E-state index in [1.54, 1.807) is 0 Å². The van der Waals surface area contributed by atoms with Crippen LogP contribution in [0, 0.1) is 26.4 Å². The molecule has 4 fully saturated rings. The van der Waals surface area contributed by atoms with Gasteiger partial charge < -0.3 is 14.3 Å². The molecule has 2 unspecified atom stereocenters. The molecule has 4 rings (SSSR count). The second-order valence-electron chi connectivity index (χ2n) is 8.97. The molecule has 0 saturated heterocycles. The molecule has 0 aromatic heterocycles. The Morgan fingerprint density at radius 2 is 1.31 bits per heavy atom. The fourth-order valence-corrected chi connectivity index (χ4v) is 6.63. The Bertz CT molecular complexity index is 597. The summed E-state index contributed by atoms with van der Waals surface area (Å²) < 4.78 is 10.7. The third-order valence-electron chi connectivity index (χ3n) is 6.52. The monoisotopic (exact) mass is 369 g/mol. The van der Waals surface area contributed by atoms with Crippen molar-refractivity contribution in [2.45, 2.75) is 71.3 Å². The number of nitrogens with zero attached hydrogens (tertiary/aromatic N) is 1. The molecule has 0 radical (unpaired) electrons. The van der Waals surface area contributed by atoms with Crippen LogP contribution in [0.2, 0.25) is 0 Å². The van der Waals surface area contributed by atoms with E-state index in [2.05, 4.69) is 6.92 Å². The summed E-state index contributed by atoms with van der Waals surface area (Å²) in [5, 5.41) is 10.5. The van der Waals surface area contributed by atoms with Crippen LogP contribution >= 0.6 is 0 Å². The number of hydrogen-bond donors (Lipinski definition) is 0. The van der Waals surface area contributed by atoms with Gasteiger partial charge in [0.05, 0.1) is 13.2 Å². The lowest BCUT2D eigenvalue weighted by molar-refractivity contribution is -0.787. The minimum absolute atomic E-state index is 0.120. The van der Waals surface area contributed by atoms with Gasteiger partial charge in [0.15, 0.2) is 0 Å². The summed E-state index contributed by atoms with van der Waals surface area (Å²) in [5.74, 6) is -0.714. The summed E-state index contributed by atoms with van der Waals surface area (Å²) in [4.78, 5) is 39.3. The van der Waals surface area contributed by atoms with E-state index in [9.17, 15) is 19.7 Å². The van der Waals surface area contributed by atoms with Gasteiger partial charge >= 0.3 is 11.9 Å². The Hall–Kier alpha value is -1.86. The minimum atomic E-state index is -0.894. The zero-order chi connectivity index (χ0) is 19.2. The average molecular weight is 369 g/mol. The normalized spacial score (nSPS) is 40.1. The van der Waals surface area contributed by atoms with Crippen molar-refractivity contribution in [2.75, 3.05) is 13.2 Å². The fraction of sp³-hybridized carbons (Fsp3) is 0.889.